The molecule has 0 aromatic heterocycles. The molecule has 1 saturated heterocycles. The Balaban J connectivity index is 1.42. The molecule has 2 aliphatic rings. The highest BCUT2D eigenvalue weighted by molar-refractivity contribution is 5.92. The maximum atomic E-state index is 12.4. The number of likely N-dealkylation sites (tertiary alicyclic amines) is 1. The number of amides is 3. The summed E-state index contributed by atoms with van der Waals surface area (Å²) in [5.74, 6) is 0.833. The lowest BCUT2D eigenvalue weighted by Crippen LogP contribution is -2.49. The number of carbonyl (C=O) groups is 2. The van der Waals surface area contributed by atoms with Gasteiger partial charge in [-0.1, -0.05) is 25.1 Å². The van der Waals surface area contributed by atoms with Crippen LogP contribution in [0.1, 0.15) is 45.4 Å². The zero-order chi connectivity index (χ0) is 17.6. The second-order valence-electron chi connectivity index (χ2n) is 7.52. The molecule has 5 nitrogen and oxygen atoms in total. The normalized spacial score (nSPS) is 24.6. The molecule has 0 atom stereocenters. The van der Waals surface area contributed by atoms with Crippen LogP contribution in [0, 0.1) is 11.8 Å². The minimum Gasteiger partial charge on any atom is -0.335 e. The second kappa shape index (κ2) is 8.37. The summed E-state index contributed by atoms with van der Waals surface area (Å²) in [4.78, 5) is 26.7. The van der Waals surface area contributed by atoms with E-state index in [1.54, 1.807) is 0 Å². The van der Waals surface area contributed by atoms with Gasteiger partial charge in [0.15, 0.2) is 0 Å². The van der Waals surface area contributed by atoms with Gasteiger partial charge in [0.05, 0.1) is 0 Å². The first-order chi connectivity index (χ1) is 12.1. The number of rotatable bonds is 3. The topological polar surface area (TPSA) is 61.4 Å². The summed E-state index contributed by atoms with van der Waals surface area (Å²) in [6, 6.07) is 9.91. The van der Waals surface area contributed by atoms with Crippen molar-refractivity contribution < 1.29 is 9.59 Å². The van der Waals surface area contributed by atoms with E-state index in [9.17, 15) is 9.59 Å². The molecular weight excluding hydrogens is 314 g/mol. The minimum atomic E-state index is -0.0141. The lowest BCUT2D eigenvalue weighted by molar-refractivity contribution is -0.121. The number of hydrogen-bond donors (Lipinski definition) is 2. The zero-order valence-electron chi connectivity index (χ0n) is 15.0. The zero-order valence-corrected chi connectivity index (χ0v) is 15.0. The highest BCUT2D eigenvalue weighted by Gasteiger charge is 2.29. The van der Waals surface area contributed by atoms with Crippen LogP contribution in [0.15, 0.2) is 30.3 Å². The number of urea groups is 1. The van der Waals surface area contributed by atoms with Crippen LogP contribution in [0.25, 0.3) is 0 Å². The average molecular weight is 343 g/mol. The van der Waals surface area contributed by atoms with E-state index < -0.39 is 0 Å². The van der Waals surface area contributed by atoms with E-state index in [-0.39, 0.29) is 17.9 Å². The molecule has 1 saturated carbocycles. The van der Waals surface area contributed by atoms with Crippen LogP contribution < -0.4 is 10.6 Å². The van der Waals surface area contributed by atoms with Crippen LogP contribution in [0.2, 0.25) is 0 Å². The van der Waals surface area contributed by atoms with E-state index in [0.717, 1.165) is 37.3 Å². The van der Waals surface area contributed by atoms with E-state index in [0.29, 0.717) is 19.1 Å². The van der Waals surface area contributed by atoms with Crippen molar-refractivity contribution in [2.45, 2.75) is 51.5 Å². The molecule has 25 heavy (non-hydrogen) atoms. The summed E-state index contributed by atoms with van der Waals surface area (Å²) in [6.07, 6.45) is 6.03. The van der Waals surface area contributed by atoms with Gasteiger partial charge in [0.2, 0.25) is 5.91 Å². The van der Waals surface area contributed by atoms with Crippen LogP contribution >= 0.6 is 0 Å². The van der Waals surface area contributed by atoms with Crippen molar-refractivity contribution >= 4 is 17.6 Å². The number of piperidine rings is 1. The molecule has 0 spiro atoms. The molecule has 2 fully saturated rings. The fourth-order valence-corrected chi connectivity index (χ4v) is 3.78. The molecule has 1 aromatic rings. The molecule has 3 rings (SSSR count). The van der Waals surface area contributed by atoms with Gasteiger partial charge in [0, 0.05) is 30.7 Å². The van der Waals surface area contributed by atoms with E-state index in [1.165, 1.54) is 12.8 Å². The highest BCUT2D eigenvalue weighted by atomic mass is 16.2. The molecular formula is C20H29N3O2. The van der Waals surface area contributed by atoms with Crippen molar-refractivity contribution in [2.24, 2.45) is 11.8 Å². The van der Waals surface area contributed by atoms with Crippen molar-refractivity contribution in [3.8, 4) is 0 Å². The summed E-state index contributed by atoms with van der Waals surface area (Å²) in [5, 5.41) is 6.15. The van der Waals surface area contributed by atoms with E-state index in [2.05, 4.69) is 17.6 Å². The third-order valence-electron chi connectivity index (χ3n) is 5.54. The van der Waals surface area contributed by atoms with Gasteiger partial charge < -0.3 is 15.5 Å². The molecule has 0 radical (unpaired) electrons. The van der Waals surface area contributed by atoms with E-state index in [4.69, 9.17) is 0 Å². The number of anilines is 1. The maximum absolute atomic E-state index is 12.4. The summed E-state index contributed by atoms with van der Waals surface area (Å²) >= 11 is 0. The fourth-order valence-electron chi connectivity index (χ4n) is 3.78. The van der Waals surface area contributed by atoms with Gasteiger partial charge >= 0.3 is 6.03 Å². The Morgan fingerprint density at radius 2 is 1.60 bits per heavy atom. The van der Waals surface area contributed by atoms with Gasteiger partial charge in [-0.25, -0.2) is 4.79 Å². The number of para-hydroxylation sites is 1. The molecule has 1 heterocycles. The first-order valence-corrected chi connectivity index (χ1v) is 9.53. The number of carbonyl (C=O) groups excluding carboxylic acids is 2. The lowest BCUT2D eigenvalue weighted by Gasteiger charge is -2.34. The summed E-state index contributed by atoms with van der Waals surface area (Å²) in [6.45, 7) is 3.59. The van der Waals surface area contributed by atoms with Crippen molar-refractivity contribution in [1.29, 1.82) is 0 Å². The number of nitrogens with one attached hydrogen (secondary N) is 2. The minimum absolute atomic E-state index is 0.0141. The Bertz CT molecular complexity index is 574. The largest absolute Gasteiger partial charge is 0.335 e. The molecule has 3 amide bonds. The predicted molar refractivity (Wildman–Crippen MR) is 99.3 cm³/mol. The van der Waals surface area contributed by atoms with Crippen molar-refractivity contribution in [3.63, 3.8) is 0 Å². The Hall–Kier alpha value is -2.04. The molecule has 0 unspecified atom stereocenters. The molecule has 0 bridgehead atoms. The van der Waals surface area contributed by atoms with Crippen molar-refractivity contribution in [3.05, 3.63) is 30.3 Å². The maximum Gasteiger partial charge on any atom is 0.317 e. The second-order valence-corrected chi connectivity index (χ2v) is 7.52. The average Bonchev–Trinajstić information content (AvgIpc) is 2.64. The SMILES string of the molecule is CC1CCC(NC(=O)N2CCC(C(=O)Nc3ccccc3)CC2)CC1. The van der Waals surface area contributed by atoms with Gasteiger partial charge in [-0.3, -0.25) is 4.79 Å². The van der Waals surface area contributed by atoms with Gasteiger partial charge in [-0.05, 0) is 56.6 Å². The molecule has 5 heteroatoms. The van der Waals surface area contributed by atoms with Gasteiger partial charge in [-0.15, -0.1) is 0 Å². The lowest BCUT2D eigenvalue weighted by atomic mass is 9.87. The van der Waals surface area contributed by atoms with Gasteiger partial charge in [0.25, 0.3) is 0 Å². The van der Waals surface area contributed by atoms with Crippen molar-refractivity contribution in [1.82, 2.24) is 10.2 Å². The van der Waals surface area contributed by atoms with Gasteiger partial charge in [0.1, 0.15) is 0 Å². The Morgan fingerprint density at radius 1 is 0.960 bits per heavy atom. The summed E-state index contributed by atoms with van der Waals surface area (Å²) < 4.78 is 0. The van der Waals surface area contributed by atoms with Crippen LogP contribution in [-0.2, 0) is 4.79 Å². The molecule has 136 valence electrons. The Labute approximate surface area is 150 Å². The number of hydrogen-bond acceptors (Lipinski definition) is 2. The predicted octanol–water partition coefficient (Wildman–Crippen LogP) is 3.63. The smallest absolute Gasteiger partial charge is 0.317 e. The monoisotopic (exact) mass is 343 g/mol. The number of nitrogens with zero attached hydrogens (tertiary/aromatic N) is 1. The Morgan fingerprint density at radius 3 is 2.24 bits per heavy atom. The highest BCUT2D eigenvalue weighted by Crippen LogP contribution is 2.24. The Kier molecular flexibility index (Phi) is 5.95. The first kappa shape index (κ1) is 17.8. The van der Waals surface area contributed by atoms with Crippen LogP contribution in [-0.4, -0.2) is 36.0 Å². The van der Waals surface area contributed by atoms with Crippen LogP contribution in [0.5, 0.6) is 0 Å². The van der Waals surface area contributed by atoms with E-state index >= 15 is 0 Å². The van der Waals surface area contributed by atoms with E-state index in [1.807, 2.05) is 35.2 Å². The third-order valence-corrected chi connectivity index (χ3v) is 5.54. The summed E-state index contributed by atoms with van der Waals surface area (Å²) in [5.41, 5.74) is 0.833. The van der Waals surface area contributed by atoms with Crippen LogP contribution in [0.4, 0.5) is 10.5 Å². The fraction of sp³-hybridized carbons (Fsp3) is 0.600. The first-order valence-electron chi connectivity index (χ1n) is 9.53. The third kappa shape index (κ3) is 4.97. The molecule has 1 aliphatic heterocycles. The van der Waals surface area contributed by atoms with Crippen LogP contribution in [0.3, 0.4) is 0 Å². The molecule has 2 N–H and O–H groups in total. The van der Waals surface area contributed by atoms with Crippen molar-refractivity contribution in [2.75, 3.05) is 18.4 Å². The molecule has 1 aliphatic carbocycles. The number of benzene rings is 1. The molecule has 1 aromatic carbocycles. The quantitative estimate of drug-likeness (QED) is 0.880. The van der Waals surface area contributed by atoms with Gasteiger partial charge in [-0.2, -0.15) is 0 Å². The summed E-state index contributed by atoms with van der Waals surface area (Å²) in [7, 11) is 0. The standard InChI is InChI=1S/C20H29N3O2/c1-15-7-9-18(10-8-15)22-20(25)23-13-11-16(12-14-23)19(24)21-17-5-3-2-4-6-17/h2-6,15-16,18H,7-14H2,1H3,(H,21,24)(H,22,25).